The zero-order valence-corrected chi connectivity index (χ0v) is 47.5. The Kier molecular flexibility index (Phi) is 59.3. The van der Waals surface area contributed by atoms with Gasteiger partial charge in [-0.2, -0.15) is 0 Å². The fraction of sp³-hybridized carbons (Fsp3) is 0.984. The third-order valence-electron chi connectivity index (χ3n) is 15.7. The number of aliphatic hydroxyl groups excluding tert-OH is 3. The first-order valence-corrected chi connectivity index (χ1v) is 32.3. The Bertz CT molecular complexity index is 944. The van der Waals surface area contributed by atoms with Gasteiger partial charge in [0.2, 0.25) is 5.91 Å². The first kappa shape index (κ1) is 68.4. The highest BCUT2D eigenvalue weighted by Crippen LogP contribution is 2.20. The van der Waals surface area contributed by atoms with E-state index in [1.807, 2.05) is 0 Å². The van der Waals surface area contributed by atoms with Crippen LogP contribution in [0.2, 0.25) is 0 Å². The van der Waals surface area contributed by atoms with E-state index in [0.29, 0.717) is 12.8 Å². The van der Waals surface area contributed by atoms with Crippen molar-refractivity contribution in [2.75, 3.05) is 6.61 Å². The molecule has 0 aromatic heterocycles. The Morgan fingerprint density at radius 3 is 0.696 bits per heavy atom. The van der Waals surface area contributed by atoms with Crippen LogP contribution in [-0.4, -0.2) is 46.1 Å². The molecule has 3 atom stereocenters. The maximum absolute atomic E-state index is 12.6. The monoisotopic (exact) mass is 976 g/mol. The van der Waals surface area contributed by atoms with Gasteiger partial charge in [0.15, 0.2) is 0 Å². The predicted octanol–water partition coefficient (Wildman–Crippen LogP) is 20.5. The molecule has 5 heteroatoms. The molecular weight excluding hydrogens is 847 g/mol. The number of nitrogens with one attached hydrogen (secondary N) is 1. The van der Waals surface area contributed by atoms with Crippen LogP contribution in [0.4, 0.5) is 0 Å². The van der Waals surface area contributed by atoms with Gasteiger partial charge in [0.1, 0.15) is 0 Å². The molecule has 0 fully saturated rings. The van der Waals surface area contributed by atoms with Crippen LogP contribution in [0.1, 0.15) is 380 Å². The second-order valence-corrected chi connectivity index (χ2v) is 22.7. The van der Waals surface area contributed by atoms with E-state index in [2.05, 4.69) is 19.2 Å². The van der Waals surface area contributed by atoms with Crippen molar-refractivity contribution >= 4 is 5.91 Å². The number of aliphatic hydroxyl groups is 3. The molecule has 0 bridgehead atoms. The van der Waals surface area contributed by atoms with Crippen molar-refractivity contribution in [3.8, 4) is 0 Å². The maximum Gasteiger partial charge on any atom is 0.222 e. The minimum Gasteiger partial charge on any atom is -0.394 e. The van der Waals surface area contributed by atoms with Gasteiger partial charge in [-0.3, -0.25) is 4.79 Å². The average Bonchev–Trinajstić information content (AvgIpc) is 3.35. The third kappa shape index (κ3) is 56.5. The molecule has 0 rings (SSSR count). The molecule has 0 saturated carbocycles. The summed E-state index contributed by atoms with van der Waals surface area (Å²) in [6, 6.07) is -0.655. The number of carbonyl (C=O) groups excluding carboxylic acids is 1. The summed E-state index contributed by atoms with van der Waals surface area (Å²) < 4.78 is 0. The van der Waals surface area contributed by atoms with E-state index in [9.17, 15) is 20.1 Å². The third-order valence-corrected chi connectivity index (χ3v) is 15.7. The SMILES string of the molecule is CCCCCCCCCCCCCCCCCCCCCCCCCCCCCCCCCCCCCC(O)CC(=O)NC(CO)C(O)CCCCCCCCCCCCCCCCCCCCC. The van der Waals surface area contributed by atoms with E-state index in [1.165, 1.54) is 321 Å². The minimum absolute atomic E-state index is 0.0438. The van der Waals surface area contributed by atoms with E-state index in [0.717, 1.165) is 25.7 Å². The first-order chi connectivity index (χ1) is 34.0. The molecule has 0 aromatic rings. The lowest BCUT2D eigenvalue weighted by atomic mass is 10.0. The summed E-state index contributed by atoms with van der Waals surface area (Å²) in [5.41, 5.74) is 0. The van der Waals surface area contributed by atoms with Crippen LogP contribution in [0.15, 0.2) is 0 Å². The molecule has 0 aliphatic rings. The number of amides is 1. The van der Waals surface area contributed by atoms with Crippen molar-refractivity contribution in [3.05, 3.63) is 0 Å². The van der Waals surface area contributed by atoms with Crippen LogP contribution in [0.5, 0.6) is 0 Å². The maximum atomic E-state index is 12.6. The van der Waals surface area contributed by atoms with Gasteiger partial charge in [0.05, 0.1) is 31.3 Å². The molecule has 0 radical (unpaired) electrons. The number of unbranched alkanes of at least 4 members (excludes halogenated alkanes) is 52. The smallest absolute Gasteiger partial charge is 0.222 e. The number of hydrogen-bond acceptors (Lipinski definition) is 4. The molecule has 0 aliphatic carbocycles. The summed E-state index contributed by atoms with van der Waals surface area (Å²) in [4.78, 5) is 12.6. The van der Waals surface area contributed by atoms with Crippen molar-refractivity contribution in [3.63, 3.8) is 0 Å². The zero-order valence-electron chi connectivity index (χ0n) is 47.5. The molecule has 0 saturated heterocycles. The standard InChI is InChI=1S/C64H129NO4/c1-3-5-7-9-11-13-15-17-19-21-23-24-25-26-27-28-29-30-31-32-33-34-35-36-37-38-40-41-43-45-47-49-51-53-55-57-61(67)59-64(69)65-62(60-66)63(68)58-56-54-52-50-48-46-44-42-39-22-20-18-16-14-12-10-8-6-4-2/h61-63,66-68H,3-60H2,1-2H3,(H,65,69). The summed E-state index contributed by atoms with van der Waals surface area (Å²) in [5, 5.41) is 33.7. The Morgan fingerprint density at radius 2 is 0.493 bits per heavy atom. The number of hydrogen-bond donors (Lipinski definition) is 4. The quantitative estimate of drug-likeness (QED) is 0.0457. The normalized spacial score (nSPS) is 13.1. The van der Waals surface area contributed by atoms with Gasteiger partial charge in [0.25, 0.3) is 0 Å². The zero-order chi connectivity index (χ0) is 50.0. The lowest BCUT2D eigenvalue weighted by Gasteiger charge is -2.23. The second kappa shape index (κ2) is 59.9. The summed E-state index contributed by atoms with van der Waals surface area (Å²) in [5.74, 6) is -0.273. The van der Waals surface area contributed by atoms with Crippen LogP contribution in [0.3, 0.4) is 0 Å². The van der Waals surface area contributed by atoms with Crippen LogP contribution in [0.25, 0.3) is 0 Å². The Labute approximate surface area is 434 Å². The lowest BCUT2D eigenvalue weighted by molar-refractivity contribution is -0.125. The van der Waals surface area contributed by atoms with E-state index in [1.54, 1.807) is 0 Å². The van der Waals surface area contributed by atoms with E-state index in [-0.39, 0.29) is 18.9 Å². The number of carbonyl (C=O) groups is 1. The highest BCUT2D eigenvalue weighted by molar-refractivity contribution is 5.76. The van der Waals surface area contributed by atoms with Crippen LogP contribution >= 0.6 is 0 Å². The van der Waals surface area contributed by atoms with Crippen molar-refractivity contribution in [1.82, 2.24) is 5.32 Å². The fourth-order valence-corrected chi connectivity index (χ4v) is 10.8. The van der Waals surface area contributed by atoms with Crippen molar-refractivity contribution in [1.29, 1.82) is 0 Å². The topological polar surface area (TPSA) is 89.8 Å². The first-order valence-electron chi connectivity index (χ1n) is 32.3. The molecule has 414 valence electrons. The molecule has 0 aromatic carbocycles. The Balaban J connectivity index is 3.41. The van der Waals surface area contributed by atoms with E-state index in [4.69, 9.17) is 0 Å². The average molecular weight is 977 g/mol. The predicted molar refractivity (Wildman–Crippen MR) is 306 cm³/mol. The van der Waals surface area contributed by atoms with Crippen molar-refractivity contribution in [2.45, 2.75) is 398 Å². The van der Waals surface area contributed by atoms with E-state index >= 15 is 0 Å². The summed E-state index contributed by atoms with van der Waals surface area (Å²) in [7, 11) is 0. The molecular formula is C64H129NO4. The van der Waals surface area contributed by atoms with Crippen molar-refractivity contribution in [2.24, 2.45) is 0 Å². The van der Waals surface area contributed by atoms with Gasteiger partial charge >= 0.3 is 0 Å². The largest absolute Gasteiger partial charge is 0.394 e. The van der Waals surface area contributed by atoms with Gasteiger partial charge in [0, 0.05) is 0 Å². The second-order valence-electron chi connectivity index (χ2n) is 22.7. The van der Waals surface area contributed by atoms with Crippen LogP contribution < -0.4 is 5.32 Å². The summed E-state index contributed by atoms with van der Waals surface area (Å²) in [6.45, 7) is 4.32. The van der Waals surface area contributed by atoms with Gasteiger partial charge < -0.3 is 20.6 Å². The Morgan fingerprint density at radius 1 is 0.304 bits per heavy atom. The Hall–Kier alpha value is -0.650. The molecule has 69 heavy (non-hydrogen) atoms. The highest BCUT2D eigenvalue weighted by Gasteiger charge is 2.21. The molecule has 4 N–H and O–H groups in total. The summed E-state index contributed by atoms with van der Waals surface area (Å²) in [6.07, 6.45) is 74.5. The van der Waals surface area contributed by atoms with Gasteiger partial charge in [-0.05, 0) is 12.8 Å². The van der Waals surface area contributed by atoms with Crippen LogP contribution in [0, 0.1) is 0 Å². The van der Waals surface area contributed by atoms with Gasteiger partial charge in [-0.15, -0.1) is 0 Å². The molecule has 0 spiro atoms. The molecule has 5 nitrogen and oxygen atoms in total. The fourth-order valence-electron chi connectivity index (χ4n) is 10.8. The summed E-state index contributed by atoms with van der Waals surface area (Å²) >= 11 is 0. The number of rotatable bonds is 61. The van der Waals surface area contributed by atoms with E-state index < -0.39 is 18.2 Å². The molecule has 0 heterocycles. The minimum atomic E-state index is -0.746. The van der Waals surface area contributed by atoms with Gasteiger partial charge in [-0.1, -0.05) is 361 Å². The van der Waals surface area contributed by atoms with Crippen molar-refractivity contribution < 1.29 is 20.1 Å². The molecule has 0 aliphatic heterocycles. The molecule has 1 amide bonds. The lowest BCUT2D eigenvalue weighted by Crippen LogP contribution is -2.46. The van der Waals surface area contributed by atoms with Crippen LogP contribution in [-0.2, 0) is 4.79 Å². The highest BCUT2D eigenvalue weighted by atomic mass is 16.3. The molecule has 3 unspecified atom stereocenters. The van der Waals surface area contributed by atoms with Gasteiger partial charge in [-0.25, -0.2) is 0 Å².